The van der Waals surface area contributed by atoms with Gasteiger partial charge >= 0.3 is 0 Å². The maximum atomic E-state index is 5.71. The summed E-state index contributed by atoms with van der Waals surface area (Å²) in [5.41, 5.74) is 3.43. The predicted octanol–water partition coefficient (Wildman–Crippen LogP) is 2.95. The summed E-state index contributed by atoms with van der Waals surface area (Å²) in [6.07, 6.45) is 0.997. The smallest absolute Gasteiger partial charge is 0.106 e. The average molecular weight is 252 g/mol. The molecule has 1 aromatic heterocycles. The van der Waals surface area contributed by atoms with Gasteiger partial charge in [-0.3, -0.25) is 0 Å². The van der Waals surface area contributed by atoms with Gasteiger partial charge in [0.25, 0.3) is 0 Å². The van der Waals surface area contributed by atoms with Crippen molar-refractivity contribution in [1.82, 2.24) is 9.55 Å². The van der Waals surface area contributed by atoms with Crippen LogP contribution in [0.3, 0.4) is 0 Å². The minimum Gasteiger partial charge on any atom is -0.374 e. The van der Waals surface area contributed by atoms with E-state index in [1.165, 1.54) is 11.2 Å². The van der Waals surface area contributed by atoms with Crippen LogP contribution in [0.25, 0.3) is 11.0 Å². The van der Waals surface area contributed by atoms with Gasteiger partial charge in [0.05, 0.1) is 11.0 Å². The maximum absolute atomic E-state index is 5.71. The van der Waals surface area contributed by atoms with Gasteiger partial charge in [-0.15, -0.1) is 11.6 Å². The molecule has 0 bridgehead atoms. The summed E-state index contributed by atoms with van der Waals surface area (Å²) in [7, 11) is 4.13. The Labute approximate surface area is 107 Å². The van der Waals surface area contributed by atoms with Crippen LogP contribution in [0, 0.1) is 6.92 Å². The van der Waals surface area contributed by atoms with Gasteiger partial charge in [0.2, 0.25) is 0 Å². The summed E-state index contributed by atoms with van der Waals surface area (Å²) in [6, 6.07) is 6.40. The van der Waals surface area contributed by atoms with Gasteiger partial charge in [-0.1, -0.05) is 0 Å². The zero-order valence-electron chi connectivity index (χ0n) is 10.6. The second-order valence-electron chi connectivity index (χ2n) is 4.36. The lowest BCUT2D eigenvalue weighted by Gasteiger charge is -2.18. The van der Waals surface area contributed by atoms with Crippen LogP contribution in [0.1, 0.15) is 12.2 Å². The quantitative estimate of drug-likeness (QED) is 0.779. The summed E-state index contributed by atoms with van der Waals surface area (Å²) in [5, 5.41) is 0. The molecule has 0 saturated heterocycles. The van der Waals surface area contributed by atoms with Gasteiger partial charge in [0.15, 0.2) is 0 Å². The molecule has 0 unspecified atom stereocenters. The SMILES string of the molecule is Cc1nc2cc(N(C)CCCCl)ccc2n1C. The lowest BCUT2D eigenvalue weighted by atomic mass is 10.2. The Balaban J connectivity index is 2.31. The number of benzene rings is 1. The predicted molar refractivity (Wildman–Crippen MR) is 74.1 cm³/mol. The number of nitrogens with zero attached hydrogens (tertiary/aromatic N) is 3. The molecule has 0 atom stereocenters. The van der Waals surface area contributed by atoms with E-state index in [-0.39, 0.29) is 0 Å². The zero-order valence-corrected chi connectivity index (χ0v) is 11.3. The Hall–Kier alpha value is -1.22. The molecular weight excluding hydrogens is 234 g/mol. The zero-order chi connectivity index (χ0) is 12.4. The number of aromatic nitrogens is 2. The van der Waals surface area contributed by atoms with Crippen molar-refractivity contribution < 1.29 is 0 Å². The molecule has 0 radical (unpaired) electrons. The number of anilines is 1. The average Bonchev–Trinajstić information content (AvgIpc) is 2.61. The van der Waals surface area contributed by atoms with Gasteiger partial charge in [0, 0.05) is 32.2 Å². The minimum absolute atomic E-state index is 0.704. The molecule has 0 saturated carbocycles. The van der Waals surface area contributed by atoms with Gasteiger partial charge in [-0.2, -0.15) is 0 Å². The molecule has 0 fully saturated rings. The molecule has 92 valence electrons. The van der Waals surface area contributed by atoms with Gasteiger partial charge in [-0.25, -0.2) is 4.98 Å². The monoisotopic (exact) mass is 251 g/mol. The summed E-state index contributed by atoms with van der Waals surface area (Å²) in [6.45, 7) is 3.00. The number of imidazole rings is 1. The Bertz CT molecular complexity index is 519. The van der Waals surface area contributed by atoms with Crippen LogP contribution in [-0.4, -0.2) is 29.0 Å². The number of rotatable bonds is 4. The van der Waals surface area contributed by atoms with Crippen LogP contribution < -0.4 is 4.90 Å². The fourth-order valence-electron chi connectivity index (χ4n) is 1.97. The van der Waals surface area contributed by atoms with E-state index in [2.05, 4.69) is 39.7 Å². The molecule has 0 spiro atoms. The van der Waals surface area contributed by atoms with Crippen LogP contribution in [0.5, 0.6) is 0 Å². The highest BCUT2D eigenvalue weighted by molar-refractivity contribution is 6.17. The molecule has 1 aromatic carbocycles. The van der Waals surface area contributed by atoms with E-state index in [1.807, 2.05) is 14.0 Å². The number of hydrogen-bond acceptors (Lipinski definition) is 2. The van der Waals surface area contributed by atoms with E-state index in [9.17, 15) is 0 Å². The van der Waals surface area contributed by atoms with Crippen molar-refractivity contribution in [2.75, 3.05) is 24.4 Å². The first-order chi connectivity index (χ1) is 8.13. The van der Waals surface area contributed by atoms with Crippen LogP contribution in [0.4, 0.5) is 5.69 Å². The Morgan fingerprint density at radius 2 is 2.18 bits per heavy atom. The fraction of sp³-hybridized carbons (Fsp3) is 0.462. The molecule has 0 N–H and O–H groups in total. The molecule has 0 aliphatic carbocycles. The van der Waals surface area contributed by atoms with E-state index >= 15 is 0 Å². The first kappa shape index (κ1) is 12.2. The van der Waals surface area contributed by atoms with Crippen molar-refractivity contribution in [3.8, 4) is 0 Å². The van der Waals surface area contributed by atoms with E-state index < -0.39 is 0 Å². The Kier molecular flexibility index (Phi) is 3.57. The second kappa shape index (κ2) is 4.96. The lowest BCUT2D eigenvalue weighted by Crippen LogP contribution is -2.18. The molecule has 1 heterocycles. The van der Waals surface area contributed by atoms with Crippen LogP contribution >= 0.6 is 11.6 Å². The van der Waals surface area contributed by atoms with Crippen LogP contribution in [0.2, 0.25) is 0 Å². The number of hydrogen-bond donors (Lipinski definition) is 0. The molecule has 0 aliphatic rings. The van der Waals surface area contributed by atoms with Crippen molar-refractivity contribution in [2.24, 2.45) is 7.05 Å². The molecule has 0 aliphatic heterocycles. The number of halogens is 1. The van der Waals surface area contributed by atoms with Crippen molar-refractivity contribution >= 4 is 28.3 Å². The van der Waals surface area contributed by atoms with Crippen LogP contribution in [-0.2, 0) is 7.05 Å². The highest BCUT2D eigenvalue weighted by atomic mass is 35.5. The van der Waals surface area contributed by atoms with Crippen molar-refractivity contribution in [2.45, 2.75) is 13.3 Å². The van der Waals surface area contributed by atoms with E-state index in [4.69, 9.17) is 11.6 Å². The molecular formula is C13H18ClN3. The molecule has 2 aromatic rings. The van der Waals surface area contributed by atoms with E-state index in [1.54, 1.807) is 0 Å². The molecule has 17 heavy (non-hydrogen) atoms. The fourth-order valence-corrected chi connectivity index (χ4v) is 2.09. The van der Waals surface area contributed by atoms with Gasteiger partial charge in [0.1, 0.15) is 5.82 Å². The molecule has 2 rings (SSSR count). The summed E-state index contributed by atoms with van der Waals surface area (Å²) in [5.74, 6) is 1.75. The normalized spacial score (nSPS) is 11.1. The third-order valence-electron chi connectivity index (χ3n) is 3.16. The van der Waals surface area contributed by atoms with Gasteiger partial charge in [-0.05, 0) is 31.5 Å². The summed E-state index contributed by atoms with van der Waals surface area (Å²) < 4.78 is 2.11. The molecule has 4 heteroatoms. The topological polar surface area (TPSA) is 21.1 Å². The molecule has 0 amide bonds. The van der Waals surface area contributed by atoms with Crippen molar-refractivity contribution in [3.05, 3.63) is 24.0 Å². The Morgan fingerprint density at radius 3 is 2.88 bits per heavy atom. The highest BCUT2D eigenvalue weighted by Crippen LogP contribution is 2.21. The maximum Gasteiger partial charge on any atom is 0.106 e. The second-order valence-corrected chi connectivity index (χ2v) is 4.73. The number of alkyl halides is 1. The van der Waals surface area contributed by atoms with E-state index in [0.29, 0.717) is 5.88 Å². The summed E-state index contributed by atoms with van der Waals surface area (Å²) in [4.78, 5) is 6.76. The third kappa shape index (κ3) is 2.39. The highest BCUT2D eigenvalue weighted by Gasteiger charge is 2.06. The van der Waals surface area contributed by atoms with Gasteiger partial charge < -0.3 is 9.47 Å². The van der Waals surface area contributed by atoms with Crippen molar-refractivity contribution in [3.63, 3.8) is 0 Å². The number of aryl methyl sites for hydroxylation is 2. The summed E-state index contributed by atoms with van der Waals surface area (Å²) >= 11 is 5.71. The lowest BCUT2D eigenvalue weighted by molar-refractivity contribution is 0.857. The minimum atomic E-state index is 0.704. The number of fused-ring (bicyclic) bond motifs is 1. The van der Waals surface area contributed by atoms with Crippen molar-refractivity contribution in [1.29, 1.82) is 0 Å². The van der Waals surface area contributed by atoms with E-state index in [0.717, 1.165) is 24.3 Å². The first-order valence-corrected chi connectivity index (χ1v) is 6.37. The Morgan fingerprint density at radius 1 is 1.41 bits per heavy atom. The largest absolute Gasteiger partial charge is 0.374 e. The third-order valence-corrected chi connectivity index (χ3v) is 3.42. The standard InChI is InChI=1S/C13H18ClN3/c1-10-15-12-9-11(16(2)8-4-7-14)5-6-13(12)17(10)3/h5-6,9H,4,7-8H2,1-3H3. The molecule has 3 nitrogen and oxygen atoms in total. The first-order valence-electron chi connectivity index (χ1n) is 5.83. The van der Waals surface area contributed by atoms with Crippen LogP contribution in [0.15, 0.2) is 18.2 Å².